The van der Waals surface area contributed by atoms with Crippen molar-refractivity contribution >= 4 is 5.91 Å². The van der Waals surface area contributed by atoms with Crippen LogP contribution in [0, 0.1) is 12.8 Å². The lowest BCUT2D eigenvalue weighted by molar-refractivity contribution is -0.122. The highest BCUT2D eigenvalue weighted by atomic mass is 16.1. The fraction of sp³-hybridized carbons (Fsp3) is 0.381. The van der Waals surface area contributed by atoms with Gasteiger partial charge in [0.15, 0.2) is 0 Å². The summed E-state index contributed by atoms with van der Waals surface area (Å²) in [6.45, 7) is 2.08. The molecule has 0 aliphatic heterocycles. The van der Waals surface area contributed by atoms with E-state index in [0.717, 1.165) is 11.1 Å². The molecule has 1 fully saturated rings. The Morgan fingerprint density at radius 3 is 2.26 bits per heavy atom. The third-order valence-electron chi connectivity index (χ3n) is 4.80. The molecule has 2 heteroatoms. The van der Waals surface area contributed by atoms with Gasteiger partial charge in [-0.05, 0) is 36.8 Å². The van der Waals surface area contributed by atoms with E-state index in [4.69, 9.17) is 0 Å². The van der Waals surface area contributed by atoms with Crippen molar-refractivity contribution < 1.29 is 4.79 Å². The summed E-state index contributed by atoms with van der Waals surface area (Å²) in [6.07, 6.45) is 5.62. The van der Waals surface area contributed by atoms with Gasteiger partial charge in [-0.2, -0.15) is 0 Å². The molecule has 2 nitrogen and oxygen atoms in total. The summed E-state index contributed by atoms with van der Waals surface area (Å²) in [7, 11) is 0. The Kier molecular flexibility index (Phi) is 5.12. The second-order valence-corrected chi connectivity index (χ2v) is 6.68. The van der Waals surface area contributed by atoms with Crippen LogP contribution < -0.4 is 5.32 Å². The van der Waals surface area contributed by atoms with Crippen LogP contribution in [0.5, 0.6) is 0 Å². The largest absolute Gasteiger partial charge is 0.345 e. The van der Waals surface area contributed by atoms with Crippen LogP contribution in [-0.2, 0) is 4.79 Å². The van der Waals surface area contributed by atoms with E-state index in [1.165, 1.54) is 31.2 Å². The molecule has 1 saturated carbocycles. The average molecular weight is 307 g/mol. The summed E-state index contributed by atoms with van der Waals surface area (Å²) >= 11 is 0. The van der Waals surface area contributed by atoms with Gasteiger partial charge in [-0.1, -0.05) is 73.0 Å². The Morgan fingerprint density at radius 1 is 1.00 bits per heavy atom. The van der Waals surface area contributed by atoms with Crippen LogP contribution in [0.25, 0.3) is 0 Å². The second-order valence-electron chi connectivity index (χ2n) is 6.68. The van der Waals surface area contributed by atoms with Gasteiger partial charge in [-0.15, -0.1) is 0 Å². The highest BCUT2D eigenvalue weighted by molar-refractivity contribution is 5.77. The molecular formula is C21H25NO. The van der Waals surface area contributed by atoms with Crippen molar-refractivity contribution in [1.82, 2.24) is 5.32 Å². The Morgan fingerprint density at radius 2 is 1.61 bits per heavy atom. The first-order valence-corrected chi connectivity index (χ1v) is 8.63. The molecule has 2 aromatic rings. The smallest absolute Gasteiger partial charge is 0.221 e. The highest BCUT2D eigenvalue weighted by Gasteiger charge is 2.21. The van der Waals surface area contributed by atoms with Gasteiger partial charge in [-0.25, -0.2) is 0 Å². The van der Waals surface area contributed by atoms with Crippen molar-refractivity contribution in [3.8, 4) is 0 Å². The lowest BCUT2D eigenvalue weighted by atomic mass is 9.96. The van der Waals surface area contributed by atoms with E-state index in [9.17, 15) is 4.79 Å². The van der Waals surface area contributed by atoms with E-state index in [1.54, 1.807) is 0 Å². The van der Waals surface area contributed by atoms with Gasteiger partial charge in [0.2, 0.25) is 5.91 Å². The summed E-state index contributed by atoms with van der Waals surface area (Å²) < 4.78 is 0. The van der Waals surface area contributed by atoms with Gasteiger partial charge in [0.25, 0.3) is 0 Å². The first kappa shape index (κ1) is 15.8. The van der Waals surface area contributed by atoms with Crippen molar-refractivity contribution in [2.75, 3.05) is 0 Å². The van der Waals surface area contributed by atoms with E-state index in [1.807, 2.05) is 18.2 Å². The van der Waals surface area contributed by atoms with E-state index in [2.05, 4.69) is 48.6 Å². The first-order valence-electron chi connectivity index (χ1n) is 8.63. The van der Waals surface area contributed by atoms with Gasteiger partial charge >= 0.3 is 0 Å². The Labute approximate surface area is 138 Å². The Hall–Kier alpha value is -2.09. The number of carbonyl (C=O) groups is 1. The van der Waals surface area contributed by atoms with E-state index < -0.39 is 0 Å². The van der Waals surface area contributed by atoms with E-state index in [0.29, 0.717) is 12.3 Å². The Balaban J connectivity index is 1.77. The van der Waals surface area contributed by atoms with Crippen LogP contribution in [0.1, 0.15) is 54.8 Å². The average Bonchev–Trinajstić information content (AvgIpc) is 3.07. The number of nitrogens with one attached hydrogen (secondary N) is 1. The third kappa shape index (κ3) is 4.22. The zero-order chi connectivity index (χ0) is 16.1. The SMILES string of the molecule is Cc1ccc(C(NC(=O)CC2CCCC2)c2ccccc2)cc1. The molecule has 0 spiro atoms. The van der Waals surface area contributed by atoms with Crippen LogP contribution in [0.15, 0.2) is 54.6 Å². The van der Waals surface area contributed by atoms with E-state index >= 15 is 0 Å². The quantitative estimate of drug-likeness (QED) is 0.846. The molecule has 1 N–H and O–H groups in total. The summed E-state index contributed by atoms with van der Waals surface area (Å²) in [6, 6.07) is 18.6. The highest BCUT2D eigenvalue weighted by Crippen LogP contribution is 2.28. The molecule has 0 radical (unpaired) electrons. The van der Waals surface area contributed by atoms with Crippen LogP contribution in [0.2, 0.25) is 0 Å². The zero-order valence-corrected chi connectivity index (χ0v) is 13.8. The van der Waals surface area contributed by atoms with Crippen LogP contribution >= 0.6 is 0 Å². The number of benzene rings is 2. The standard InChI is InChI=1S/C21H25NO/c1-16-11-13-19(14-12-16)21(18-9-3-2-4-10-18)22-20(23)15-17-7-5-6-8-17/h2-4,9-14,17,21H,5-8,15H2,1H3,(H,22,23). The Bertz CT molecular complexity index is 627. The molecule has 2 aromatic carbocycles. The number of hydrogen-bond acceptors (Lipinski definition) is 1. The van der Waals surface area contributed by atoms with Crippen molar-refractivity contribution in [2.24, 2.45) is 5.92 Å². The van der Waals surface area contributed by atoms with Gasteiger partial charge in [0.1, 0.15) is 0 Å². The summed E-state index contributed by atoms with van der Waals surface area (Å²) in [4.78, 5) is 12.5. The van der Waals surface area contributed by atoms with Crippen molar-refractivity contribution in [1.29, 1.82) is 0 Å². The maximum Gasteiger partial charge on any atom is 0.221 e. The van der Waals surface area contributed by atoms with Crippen molar-refractivity contribution in [2.45, 2.75) is 45.1 Å². The summed E-state index contributed by atoms with van der Waals surface area (Å²) in [5, 5.41) is 3.26. The molecule has 3 rings (SSSR count). The van der Waals surface area contributed by atoms with Crippen molar-refractivity contribution in [3.63, 3.8) is 0 Å². The lowest BCUT2D eigenvalue weighted by Crippen LogP contribution is -2.30. The predicted molar refractivity (Wildman–Crippen MR) is 94.2 cm³/mol. The van der Waals surface area contributed by atoms with Gasteiger partial charge in [-0.3, -0.25) is 4.79 Å². The number of hydrogen-bond donors (Lipinski definition) is 1. The molecule has 0 bridgehead atoms. The van der Waals surface area contributed by atoms with Gasteiger partial charge in [0, 0.05) is 6.42 Å². The monoisotopic (exact) mass is 307 g/mol. The molecule has 0 heterocycles. The molecule has 1 aliphatic rings. The summed E-state index contributed by atoms with van der Waals surface area (Å²) in [5.41, 5.74) is 3.51. The first-order chi connectivity index (χ1) is 11.2. The molecule has 1 aliphatic carbocycles. The van der Waals surface area contributed by atoms with Crippen molar-refractivity contribution in [3.05, 3.63) is 71.3 Å². The minimum absolute atomic E-state index is 0.0642. The topological polar surface area (TPSA) is 29.1 Å². The molecule has 0 saturated heterocycles. The lowest BCUT2D eigenvalue weighted by Gasteiger charge is -2.21. The third-order valence-corrected chi connectivity index (χ3v) is 4.80. The molecular weight excluding hydrogens is 282 g/mol. The number of aryl methyl sites for hydroxylation is 1. The maximum absolute atomic E-state index is 12.5. The van der Waals surface area contributed by atoms with Gasteiger partial charge in [0.05, 0.1) is 6.04 Å². The summed E-state index contributed by atoms with van der Waals surface area (Å²) in [5.74, 6) is 0.746. The maximum atomic E-state index is 12.5. The fourth-order valence-corrected chi connectivity index (χ4v) is 3.46. The minimum Gasteiger partial charge on any atom is -0.345 e. The number of rotatable bonds is 5. The molecule has 0 aromatic heterocycles. The molecule has 23 heavy (non-hydrogen) atoms. The number of amides is 1. The number of carbonyl (C=O) groups excluding carboxylic acids is 1. The molecule has 1 unspecified atom stereocenters. The molecule has 120 valence electrons. The normalized spacial score (nSPS) is 16.2. The van der Waals surface area contributed by atoms with E-state index in [-0.39, 0.29) is 11.9 Å². The minimum atomic E-state index is -0.0642. The second kappa shape index (κ2) is 7.45. The van der Waals surface area contributed by atoms with Crippen LogP contribution in [0.4, 0.5) is 0 Å². The predicted octanol–water partition coefficient (Wildman–Crippen LogP) is 4.78. The van der Waals surface area contributed by atoms with Crippen LogP contribution in [-0.4, -0.2) is 5.91 Å². The molecule has 1 atom stereocenters. The zero-order valence-electron chi connectivity index (χ0n) is 13.8. The molecule has 1 amide bonds. The van der Waals surface area contributed by atoms with Crippen LogP contribution in [0.3, 0.4) is 0 Å². The fourth-order valence-electron chi connectivity index (χ4n) is 3.46. The van der Waals surface area contributed by atoms with Gasteiger partial charge < -0.3 is 5.32 Å².